The second-order valence-corrected chi connectivity index (χ2v) is 3.72. The van der Waals surface area contributed by atoms with Crippen LogP contribution in [0.4, 0.5) is 0 Å². The smallest absolute Gasteiger partial charge is 0.251 e. The Hall–Kier alpha value is -1.57. The third-order valence-corrected chi connectivity index (χ3v) is 2.54. The van der Waals surface area contributed by atoms with Gasteiger partial charge in [0.2, 0.25) is 0 Å². The van der Waals surface area contributed by atoms with Crippen molar-refractivity contribution >= 4 is 5.91 Å². The Kier molecular flexibility index (Phi) is 2.12. The molecule has 0 aromatic rings. The summed E-state index contributed by atoms with van der Waals surface area (Å²) in [5.41, 5.74) is 4.11. The fourth-order valence-corrected chi connectivity index (χ4v) is 1.64. The van der Waals surface area contributed by atoms with Crippen molar-refractivity contribution in [2.45, 2.75) is 20.3 Å². The van der Waals surface area contributed by atoms with E-state index in [0.717, 1.165) is 23.3 Å². The van der Waals surface area contributed by atoms with Gasteiger partial charge in [-0.25, -0.2) is 0 Å². The minimum atomic E-state index is 0.0121. The number of carbonyl (C=O) groups excluding carboxylic acids is 1. The maximum absolute atomic E-state index is 11.5. The second kappa shape index (κ2) is 3.29. The summed E-state index contributed by atoms with van der Waals surface area (Å²) in [6.07, 6.45) is 8.88. The molecule has 0 radical (unpaired) electrons. The van der Waals surface area contributed by atoms with Gasteiger partial charge in [-0.3, -0.25) is 4.79 Å². The van der Waals surface area contributed by atoms with Crippen LogP contribution in [0.2, 0.25) is 0 Å². The van der Waals surface area contributed by atoms with Gasteiger partial charge in [-0.2, -0.15) is 0 Å². The van der Waals surface area contributed by atoms with Crippen LogP contribution in [0.3, 0.4) is 0 Å². The summed E-state index contributed by atoms with van der Waals surface area (Å²) >= 11 is 0. The average molecular weight is 187 g/mol. The van der Waals surface area contributed by atoms with Crippen LogP contribution in [0.15, 0.2) is 46.7 Å². The summed E-state index contributed by atoms with van der Waals surface area (Å²) in [5, 5.41) is 2.93. The van der Waals surface area contributed by atoms with Crippen molar-refractivity contribution in [2.75, 3.05) is 0 Å². The molecule has 0 aromatic heterocycles. The van der Waals surface area contributed by atoms with Crippen LogP contribution in [0, 0.1) is 0 Å². The van der Waals surface area contributed by atoms with Crippen LogP contribution >= 0.6 is 0 Å². The molecule has 0 atom stereocenters. The van der Waals surface area contributed by atoms with E-state index in [-0.39, 0.29) is 5.91 Å². The van der Waals surface area contributed by atoms with Crippen LogP contribution in [0.5, 0.6) is 0 Å². The maximum Gasteiger partial charge on any atom is 0.251 e. The minimum absolute atomic E-state index is 0.0121. The molecule has 0 spiro atoms. The molecular formula is C12H13NO. The molecule has 14 heavy (non-hydrogen) atoms. The average Bonchev–Trinajstić information content (AvgIpc) is 2.36. The molecule has 0 aromatic carbocycles. The molecule has 0 saturated heterocycles. The summed E-state index contributed by atoms with van der Waals surface area (Å²) < 4.78 is 0. The molecule has 1 aliphatic carbocycles. The van der Waals surface area contributed by atoms with Crippen molar-refractivity contribution in [1.82, 2.24) is 5.32 Å². The summed E-state index contributed by atoms with van der Waals surface area (Å²) in [6, 6.07) is 0. The van der Waals surface area contributed by atoms with Gasteiger partial charge in [0.05, 0.1) is 0 Å². The monoisotopic (exact) mass is 187 g/mol. The number of hydrogen-bond donors (Lipinski definition) is 1. The van der Waals surface area contributed by atoms with Gasteiger partial charge >= 0.3 is 0 Å². The van der Waals surface area contributed by atoms with Gasteiger partial charge in [-0.1, -0.05) is 24.3 Å². The van der Waals surface area contributed by atoms with Gasteiger partial charge < -0.3 is 5.32 Å². The SMILES string of the molecule is CC1=CC2=CC=CC(C)=C(C2)NC1=O. The van der Waals surface area contributed by atoms with E-state index in [9.17, 15) is 4.79 Å². The molecule has 1 N–H and O–H groups in total. The highest BCUT2D eigenvalue weighted by Gasteiger charge is 2.15. The number of allylic oxidation sites excluding steroid dienone is 6. The van der Waals surface area contributed by atoms with E-state index < -0.39 is 0 Å². The molecule has 2 bridgehead atoms. The van der Waals surface area contributed by atoms with Crippen molar-refractivity contribution in [3.63, 3.8) is 0 Å². The lowest BCUT2D eigenvalue weighted by molar-refractivity contribution is -0.116. The van der Waals surface area contributed by atoms with E-state index in [1.165, 1.54) is 5.57 Å². The quantitative estimate of drug-likeness (QED) is 0.619. The first-order valence-electron chi connectivity index (χ1n) is 4.73. The van der Waals surface area contributed by atoms with Crippen molar-refractivity contribution in [3.8, 4) is 0 Å². The standard InChI is InChI=1S/C12H13NO/c1-8-4-3-5-10-6-9(2)12(14)13-11(8)7-10/h3-6H,7H2,1-2H3,(H,13,14). The third kappa shape index (κ3) is 1.55. The normalized spacial score (nSPS) is 20.9. The Morgan fingerprint density at radius 2 is 2.14 bits per heavy atom. The lowest BCUT2D eigenvalue weighted by Crippen LogP contribution is -2.22. The van der Waals surface area contributed by atoms with Gasteiger partial charge in [0.1, 0.15) is 0 Å². The van der Waals surface area contributed by atoms with Gasteiger partial charge in [-0.15, -0.1) is 0 Å². The zero-order valence-electron chi connectivity index (χ0n) is 8.42. The lowest BCUT2D eigenvalue weighted by atomic mass is 10.1. The van der Waals surface area contributed by atoms with Gasteiger partial charge in [0.15, 0.2) is 0 Å². The highest BCUT2D eigenvalue weighted by molar-refractivity contribution is 5.95. The van der Waals surface area contributed by atoms with Crippen molar-refractivity contribution in [1.29, 1.82) is 0 Å². The number of fused-ring (bicyclic) bond motifs is 2. The molecule has 2 nitrogen and oxygen atoms in total. The molecule has 2 heteroatoms. The number of nitrogens with one attached hydrogen (secondary N) is 1. The van der Waals surface area contributed by atoms with E-state index in [1.54, 1.807) is 0 Å². The first-order valence-corrected chi connectivity index (χ1v) is 4.73. The number of hydrogen-bond acceptors (Lipinski definition) is 1. The largest absolute Gasteiger partial charge is 0.325 e. The summed E-state index contributed by atoms with van der Waals surface area (Å²) in [6.45, 7) is 3.86. The second-order valence-electron chi connectivity index (χ2n) is 3.72. The molecule has 0 saturated carbocycles. The number of rotatable bonds is 0. The van der Waals surface area contributed by atoms with Gasteiger partial charge in [-0.05, 0) is 25.0 Å². The highest BCUT2D eigenvalue weighted by Crippen LogP contribution is 2.22. The predicted octanol–water partition coefficient (Wildman–Crippen LogP) is 2.22. The molecule has 1 aliphatic heterocycles. The molecule has 2 rings (SSSR count). The highest BCUT2D eigenvalue weighted by atomic mass is 16.1. The Morgan fingerprint density at radius 3 is 2.93 bits per heavy atom. The minimum Gasteiger partial charge on any atom is -0.325 e. The number of carbonyl (C=O) groups is 1. The van der Waals surface area contributed by atoms with E-state index >= 15 is 0 Å². The van der Waals surface area contributed by atoms with Crippen LogP contribution in [-0.4, -0.2) is 5.91 Å². The summed E-state index contributed by atoms with van der Waals surface area (Å²) in [7, 11) is 0. The Balaban J connectivity index is 2.51. The molecule has 2 aliphatic rings. The van der Waals surface area contributed by atoms with E-state index in [1.807, 2.05) is 32.1 Å². The zero-order valence-corrected chi connectivity index (χ0v) is 8.42. The van der Waals surface area contributed by atoms with Crippen LogP contribution in [0.1, 0.15) is 20.3 Å². The summed E-state index contributed by atoms with van der Waals surface area (Å²) in [4.78, 5) is 11.5. The maximum atomic E-state index is 11.5. The molecule has 72 valence electrons. The molecular weight excluding hydrogens is 174 g/mol. The third-order valence-electron chi connectivity index (χ3n) is 2.54. The predicted molar refractivity (Wildman–Crippen MR) is 56.4 cm³/mol. The first kappa shape index (κ1) is 9.00. The first-order chi connectivity index (χ1) is 6.66. The van der Waals surface area contributed by atoms with Gasteiger partial charge in [0, 0.05) is 17.7 Å². The van der Waals surface area contributed by atoms with Crippen molar-refractivity contribution < 1.29 is 4.79 Å². The Morgan fingerprint density at radius 1 is 1.36 bits per heavy atom. The topological polar surface area (TPSA) is 29.1 Å². The Labute approximate surface area is 83.7 Å². The van der Waals surface area contributed by atoms with Gasteiger partial charge in [0.25, 0.3) is 5.91 Å². The summed E-state index contributed by atoms with van der Waals surface area (Å²) in [5.74, 6) is 0.0121. The zero-order chi connectivity index (χ0) is 10.1. The van der Waals surface area contributed by atoms with Crippen molar-refractivity contribution in [3.05, 3.63) is 46.7 Å². The molecule has 1 amide bonds. The van der Waals surface area contributed by atoms with Crippen LogP contribution < -0.4 is 5.32 Å². The van der Waals surface area contributed by atoms with E-state index in [2.05, 4.69) is 11.4 Å². The molecule has 0 fully saturated rings. The van der Waals surface area contributed by atoms with Crippen LogP contribution in [-0.2, 0) is 4.79 Å². The van der Waals surface area contributed by atoms with Crippen LogP contribution in [0.25, 0.3) is 0 Å². The van der Waals surface area contributed by atoms with Crippen molar-refractivity contribution in [2.24, 2.45) is 0 Å². The molecule has 0 unspecified atom stereocenters. The Bertz CT molecular complexity index is 408. The molecule has 1 heterocycles. The lowest BCUT2D eigenvalue weighted by Gasteiger charge is -2.07. The van der Waals surface area contributed by atoms with E-state index in [0.29, 0.717) is 0 Å². The fourth-order valence-electron chi connectivity index (χ4n) is 1.64. The number of amides is 1. The fraction of sp³-hybridized carbons (Fsp3) is 0.250. The van der Waals surface area contributed by atoms with E-state index in [4.69, 9.17) is 0 Å².